The van der Waals surface area contributed by atoms with Crippen molar-refractivity contribution in [2.75, 3.05) is 19.6 Å². The Bertz CT molecular complexity index is 780. The number of benzene rings is 2. The summed E-state index contributed by atoms with van der Waals surface area (Å²) < 4.78 is 0. The number of carbonyl (C=O) groups is 1. The Hall–Kier alpha value is -2.10. The van der Waals surface area contributed by atoms with Crippen LogP contribution in [0.15, 0.2) is 60.2 Å². The topological polar surface area (TPSA) is 32.3 Å². The first-order chi connectivity index (χ1) is 13.1. The Morgan fingerprint density at radius 2 is 1.78 bits per heavy atom. The molecular formula is C23H27ClN2O. The second-order valence-electron chi connectivity index (χ2n) is 7.26. The zero-order chi connectivity index (χ0) is 19.1. The zero-order valence-corrected chi connectivity index (χ0v) is 16.6. The van der Waals surface area contributed by atoms with Crippen LogP contribution in [0, 0.1) is 5.92 Å². The quantitative estimate of drug-likeness (QED) is 0.780. The Balaban J connectivity index is 1.43. The lowest BCUT2D eigenvalue weighted by molar-refractivity contribution is -0.126. The van der Waals surface area contributed by atoms with Crippen LogP contribution in [0.25, 0.3) is 6.08 Å². The van der Waals surface area contributed by atoms with E-state index in [1.165, 1.54) is 11.1 Å². The van der Waals surface area contributed by atoms with Crippen molar-refractivity contribution in [1.29, 1.82) is 0 Å². The minimum Gasteiger partial charge on any atom is -0.352 e. The van der Waals surface area contributed by atoms with Crippen molar-refractivity contribution < 1.29 is 4.79 Å². The van der Waals surface area contributed by atoms with E-state index in [1.807, 2.05) is 30.3 Å². The van der Waals surface area contributed by atoms with Gasteiger partial charge in [-0.1, -0.05) is 71.8 Å². The van der Waals surface area contributed by atoms with E-state index in [2.05, 4.69) is 47.5 Å². The maximum Gasteiger partial charge on any atom is 0.223 e. The number of hydrogen-bond donors (Lipinski definition) is 1. The molecule has 2 aromatic carbocycles. The lowest BCUT2D eigenvalue weighted by atomic mass is 9.95. The van der Waals surface area contributed by atoms with Gasteiger partial charge in [0, 0.05) is 24.0 Å². The van der Waals surface area contributed by atoms with Crippen LogP contribution in [0.3, 0.4) is 0 Å². The number of piperidine rings is 1. The molecule has 0 aliphatic carbocycles. The molecule has 4 heteroatoms. The highest BCUT2D eigenvalue weighted by atomic mass is 35.5. The molecule has 3 rings (SSSR count). The average molecular weight is 383 g/mol. The lowest BCUT2D eigenvalue weighted by Crippen LogP contribution is -2.40. The van der Waals surface area contributed by atoms with Crippen LogP contribution in [0.5, 0.6) is 0 Å². The normalized spacial score (nSPS) is 16.3. The first-order valence-corrected chi connectivity index (χ1v) is 9.95. The molecule has 0 atom stereocenters. The van der Waals surface area contributed by atoms with Crippen molar-refractivity contribution >= 4 is 23.6 Å². The molecule has 1 heterocycles. The maximum atomic E-state index is 12.5. The summed E-state index contributed by atoms with van der Waals surface area (Å²) in [6.07, 6.45) is 4.06. The van der Waals surface area contributed by atoms with Crippen LogP contribution in [0.4, 0.5) is 0 Å². The summed E-state index contributed by atoms with van der Waals surface area (Å²) >= 11 is 6.16. The van der Waals surface area contributed by atoms with Gasteiger partial charge in [0.1, 0.15) is 0 Å². The molecule has 0 unspecified atom stereocenters. The molecule has 1 fully saturated rings. The second kappa shape index (κ2) is 9.72. The molecule has 27 heavy (non-hydrogen) atoms. The highest BCUT2D eigenvalue weighted by Crippen LogP contribution is 2.20. The Kier molecular flexibility index (Phi) is 7.08. The molecule has 0 bridgehead atoms. The van der Waals surface area contributed by atoms with Gasteiger partial charge in [0.25, 0.3) is 0 Å². The molecule has 0 aromatic heterocycles. The van der Waals surface area contributed by atoms with Gasteiger partial charge in [0.2, 0.25) is 5.91 Å². The van der Waals surface area contributed by atoms with Crippen molar-refractivity contribution in [3.63, 3.8) is 0 Å². The Labute approximate surface area is 167 Å². The van der Waals surface area contributed by atoms with E-state index in [-0.39, 0.29) is 11.8 Å². The van der Waals surface area contributed by atoms with Crippen molar-refractivity contribution in [2.24, 2.45) is 5.92 Å². The first-order valence-electron chi connectivity index (χ1n) is 9.57. The zero-order valence-electron chi connectivity index (χ0n) is 15.8. The van der Waals surface area contributed by atoms with Gasteiger partial charge >= 0.3 is 0 Å². The van der Waals surface area contributed by atoms with Crippen LogP contribution in [0.2, 0.25) is 5.02 Å². The number of hydrogen-bond acceptors (Lipinski definition) is 2. The molecule has 1 amide bonds. The van der Waals surface area contributed by atoms with Gasteiger partial charge in [-0.15, -0.1) is 0 Å². The van der Waals surface area contributed by atoms with Gasteiger partial charge in [-0.05, 0) is 50.0 Å². The molecule has 1 saturated heterocycles. The van der Waals surface area contributed by atoms with E-state index >= 15 is 0 Å². The van der Waals surface area contributed by atoms with Crippen molar-refractivity contribution in [1.82, 2.24) is 10.2 Å². The summed E-state index contributed by atoms with van der Waals surface area (Å²) in [6, 6.07) is 18.1. The van der Waals surface area contributed by atoms with Gasteiger partial charge < -0.3 is 5.32 Å². The van der Waals surface area contributed by atoms with Gasteiger partial charge in [0.05, 0.1) is 0 Å². The molecule has 1 aliphatic rings. The number of amides is 1. The molecule has 142 valence electrons. The number of rotatable bonds is 6. The van der Waals surface area contributed by atoms with Crippen LogP contribution in [0.1, 0.15) is 30.9 Å². The standard InChI is InChI=1S/C23H27ClN2O/c1-18(15-19-7-3-2-4-8-19)17-26-13-11-20(12-14-26)23(27)25-16-21-9-5-6-10-22(21)24/h2-10,15,20H,11-14,16-17H2,1H3,(H,25,27)/b18-15+. The smallest absolute Gasteiger partial charge is 0.223 e. The van der Waals surface area contributed by atoms with Crippen LogP contribution < -0.4 is 5.32 Å². The third kappa shape index (κ3) is 5.95. The van der Waals surface area contributed by atoms with Crippen molar-refractivity contribution in [3.8, 4) is 0 Å². The summed E-state index contributed by atoms with van der Waals surface area (Å²) in [6.45, 7) is 5.56. The molecular weight excluding hydrogens is 356 g/mol. The molecule has 1 N–H and O–H groups in total. The fourth-order valence-corrected chi connectivity index (χ4v) is 3.76. The molecule has 0 radical (unpaired) electrons. The van der Waals surface area contributed by atoms with Gasteiger partial charge in [-0.2, -0.15) is 0 Å². The monoisotopic (exact) mass is 382 g/mol. The number of halogens is 1. The molecule has 2 aromatic rings. The number of nitrogens with zero attached hydrogens (tertiary/aromatic N) is 1. The summed E-state index contributed by atoms with van der Waals surface area (Å²) in [5.41, 5.74) is 3.55. The lowest BCUT2D eigenvalue weighted by Gasteiger charge is -2.31. The van der Waals surface area contributed by atoms with E-state index in [0.717, 1.165) is 38.0 Å². The summed E-state index contributed by atoms with van der Waals surface area (Å²) in [5, 5.41) is 3.75. The average Bonchev–Trinajstić information content (AvgIpc) is 2.68. The van der Waals surface area contributed by atoms with Gasteiger partial charge in [0.15, 0.2) is 0 Å². The van der Waals surface area contributed by atoms with Crippen LogP contribution in [-0.2, 0) is 11.3 Å². The van der Waals surface area contributed by atoms with E-state index in [0.29, 0.717) is 11.6 Å². The van der Waals surface area contributed by atoms with E-state index in [4.69, 9.17) is 11.6 Å². The molecule has 0 spiro atoms. The van der Waals surface area contributed by atoms with Gasteiger partial charge in [-0.25, -0.2) is 0 Å². The predicted molar refractivity (Wildman–Crippen MR) is 113 cm³/mol. The van der Waals surface area contributed by atoms with Crippen molar-refractivity contribution in [3.05, 3.63) is 76.3 Å². The third-order valence-electron chi connectivity index (χ3n) is 5.05. The van der Waals surface area contributed by atoms with Gasteiger partial charge in [-0.3, -0.25) is 9.69 Å². The minimum atomic E-state index is 0.0992. The molecule has 1 aliphatic heterocycles. The SMILES string of the molecule is C/C(=C\c1ccccc1)CN1CCC(C(=O)NCc2ccccc2Cl)CC1. The van der Waals surface area contributed by atoms with E-state index in [1.54, 1.807) is 0 Å². The summed E-state index contributed by atoms with van der Waals surface area (Å²) in [4.78, 5) is 14.9. The number of likely N-dealkylation sites (tertiary alicyclic amines) is 1. The molecule has 3 nitrogen and oxygen atoms in total. The number of carbonyl (C=O) groups excluding carboxylic acids is 1. The second-order valence-corrected chi connectivity index (χ2v) is 7.67. The van der Waals surface area contributed by atoms with Crippen LogP contribution >= 0.6 is 11.6 Å². The Morgan fingerprint density at radius 1 is 1.11 bits per heavy atom. The molecule has 0 saturated carbocycles. The van der Waals surface area contributed by atoms with Crippen LogP contribution in [-0.4, -0.2) is 30.4 Å². The van der Waals surface area contributed by atoms with E-state index in [9.17, 15) is 4.79 Å². The summed E-state index contributed by atoms with van der Waals surface area (Å²) in [5.74, 6) is 0.244. The largest absolute Gasteiger partial charge is 0.352 e. The minimum absolute atomic E-state index is 0.0992. The highest BCUT2D eigenvalue weighted by Gasteiger charge is 2.24. The predicted octanol–water partition coefficient (Wildman–Crippen LogP) is 4.77. The maximum absolute atomic E-state index is 12.5. The van der Waals surface area contributed by atoms with E-state index < -0.39 is 0 Å². The summed E-state index contributed by atoms with van der Waals surface area (Å²) in [7, 11) is 0. The fraction of sp³-hybridized carbons (Fsp3) is 0.348. The number of nitrogens with one attached hydrogen (secondary N) is 1. The third-order valence-corrected chi connectivity index (χ3v) is 5.42. The first kappa shape index (κ1) is 19.7. The Morgan fingerprint density at radius 3 is 2.48 bits per heavy atom. The fourth-order valence-electron chi connectivity index (χ4n) is 3.55. The highest BCUT2D eigenvalue weighted by molar-refractivity contribution is 6.31. The van der Waals surface area contributed by atoms with Crippen molar-refractivity contribution in [2.45, 2.75) is 26.3 Å².